The van der Waals surface area contributed by atoms with E-state index in [0.717, 1.165) is 11.1 Å². The van der Waals surface area contributed by atoms with Crippen LogP contribution in [0.2, 0.25) is 0 Å². The van der Waals surface area contributed by atoms with Gasteiger partial charge < -0.3 is 0 Å². The van der Waals surface area contributed by atoms with Crippen molar-refractivity contribution in [1.82, 2.24) is 0 Å². The Kier molecular flexibility index (Phi) is 2.32. The zero-order chi connectivity index (χ0) is 9.97. The van der Waals surface area contributed by atoms with Gasteiger partial charge in [-0.3, -0.25) is 0 Å². The summed E-state index contributed by atoms with van der Waals surface area (Å²) in [6.45, 7) is 3.78. The molecule has 1 heteroatoms. The smallest absolute Gasteiger partial charge is 0.131 e. The molecule has 0 atom stereocenters. The maximum Gasteiger partial charge on any atom is 0.131 e. The molecule has 14 heavy (non-hydrogen) atoms. The van der Waals surface area contributed by atoms with E-state index < -0.39 is 0 Å². The fourth-order valence-corrected chi connectivity index (χ4v) is 1.38. The van der Waals surface area contributed by atoms with Gasteiger partial charge in [0.2, 0.25) is 0 Å². The predicted molar refractivity (Wildman–Crippen MR) is 56.3 cm³/mol. The Morgan fingerprint density at radius 3 is 2.14 bits per heavy atom. The molecule has 1 radical (unpaired) electrons. The highest BCUT2D eigenvalue weighted by atomic mass is 19.1. The highest BCUT2D eigenvalue weighted by Gasteiger charge is 2.02. The lowest BCUT2D eigenvalue weighted by Crippen LogP contribution is -1.83. The van der Waals surface area contributed by atoms with Gasteiger partial charge in [-0.2, -0.15) is 0 Å². The fourth-order valence-electron chi connectivity index (χ4n) is 1.38. The van der Waals surface area contributed by atoms with Crippen LogP contribution in [0, 0.1) is 12.7 Å². The van der Waals surface area contributed by atoms with E-state index in [9.17, 15) is 4.39 Å². The Morgan fingerprint density at radius 2 is 1.50 bits per heavy atom. The Morgan fingerprint density at radius 1 is 0.857 bits per heavy atom. The van der Waals surface area contributed by atoms with Crippen LogP contribution in [0.4, 0.5) is 4.39 Å². The summed E-state index contributed by atoms with van der Waals surface area (Å²) in [6.07, 6.45) is 0. The van der Waals surface area contributed by atoms with Crippen LogP contribution >= 0.6 is 0 Å². The summed E-state index contributed by atoms with van der Waals surface area (Å²) in [5, 5.41) is 0. The number of rotatable bonds is 1. The van der Waals surface area contributed by atoms with Crippen LogP contribution in [0.15, 0.2) is 48.5 Å². The molecule has 0 nitrogen and oxygen atoms in total. The standard InChI is InChI=1S/C13H10F/c1-10-6-8-11(9-7-10)12-4-2-3-5-13(12)14/h2-9H,1H2. The Hall–Kier alpha value is -1.63. The second kappa shape index (κ2) is 3.62. The molecule has 0 heterocycles. The maximum absolute atomic E-state index is 13.4. The molecule has 0 N–H and O–H groups in total. The molecule has 0 aliphatic rings. The van der Waals surface area contributed by atoms with Gasteiger partial charge in [0.25, 0.3) is 0 Å². The van der Waals surface area contributed by atoms with Crippen molar-refractivity contribution in [3.63, 3.8) is 0 Å². The molecule has 2 aromatic carbocycles. The Bertz CT molecular complexity index is 429. The number of benzene rings is 2. The largest absolute Gasteiger partial charge is 0.206 e. The Balaban J connectivity index is 2.50. The molecule has 2 aromatic rings. The zero-order valence-corrected chi connectivity index (χ0v) is 7.70. The van der Waals surface area contributed by atoms with E-state index in [0.29, 0.717) is 5.56 Å². The summed E-state index contributed by atoms with van der Waals surface area (Å²) in [5.74, 6) is -0.190. The molecule has 0 bridgehead atoms. The quantitative estimate of drug-likeness (QED) is 0.635. The van der Waals surface area contributed by atoms with Gasteiger partial charge in [0, 0.05) is 5.56 Å². The molecule has 2 rings (SSSR count). The SMILES string of the molecule is [CH2]c1ccc(-c2ccccc2F)cc1. The van der Waals surface area contributed by atoms with Crippen LogP contribution in [0.1, 0.15) is 5.56 Å². The maximum atomic E-state index is 13.4. The third-order valence-corrected chi connectivity index (χ3v) is 2.14. The molecular formula is C13H10F. The Labute approximate surface area is 83.0 Å². The summed E-state index contributed by atoms with van der Waals surface area (Å²) in [6, 6.07) is 14.3. The third-order valence-electron chi connectivity index (χ3n) is 2.14. The van der Waals surface area contributed by atoms with Gasteiger partial charge in [-0.25, -0.2) is 4.39 Å². The van der Waals surface area contributed by atoms with Crippen LogP contribution in [-0.2, 0) is 0 Å². The lowest BCUT2D eigenvalue weighted by atomic mass is 10.0. The molecule has 0 saturated carbocycles. The highest BCUT2D eigenvalue weighted by Crippen LogP contribution is 2.22. The minimum absolute atomic E-state index is 0.190. The van der Waals surface area contributed by atoms with E-state index in [1.54, 1.807) is 12.1 Å². The lowest BCUT2D eigenvalue weighted by molar-refractivity contribution is 0.631. The van der Waals surface area contributed by atoms with E-state index >= 15 is 0 Å². The first-order chi connectivity index (χ1) is 6.77. The van der Waals surface area contributed by atoms with Crippen LogP contribution < -0.4 is 0 Å². The molecule has 0 aliphatic carbocycles. The van der Waals surface area contributed by atoms with Crippen molar-refractivity contribution < 1.29 is 4.39 Å². The van der Waals surface area contributed by atoms with E-state index in [1.165, 1.54) is 6.07 Å². The van der Waals surface area contributed by atoms with E-state index in [1.807, 2.05) is 30.3 Å². The van der Waals surface area contributed by atoms with Crippen molar-refractivity contribution in [1.29, 1.82) is 0 Å². The number of halogens is 1. The second-order valence-electron chi connectivity index (χ2n) is 3.18. The average molecular weight is 185 g/mol. The summed E-state index contributed by atoms with van der Waals surface area (Å²) >= 11 is 0. The van der Waals surface area contributed by atoms with Gasteiger partial charge in [-0.05, 0) is 24.1 Å². The highest BCUT2D eigenvalue weighted by molar-refractivity contribution is 5.64. The van der Waals surface area contributed by atoms with Crippen LogP contribution in [0.3, 0.4) is 0 Å². The van der Waals surface area contributed by atoms with Gasteiger partial charge in [-0.15, -0.1) is 0 Å². The number of hydrogen-bond donors (Lipinski definition) is 0. The molecule has 0 unspecified atom stereocenters. The van der Waals surface area contributed by atoms with Crippen molar-refractivity contribution >= 4 is 0 Å². The van der Waals surface area contributed by atoms with Gasteiger partial charge in [0.05, 0.1) is 0 Å². The molecule has 0 amide bonds. The topological polar surface area (TPSA) is 0 Å². The third kappa shape index (κ3) is 1.67. The first-order valence-electron chi connectivity index (χ1n) is 4.44. The minimum Gasteiger partial charge on any atom is -0.206 e. The molecule has 0 saturated heterocycles. The van der Waals surface area contributed by atoms with Gasteiger partial charge in [0.1, 0.15) is 5.82 Å². The van der Waals surface area contributed by atoms with Crippen molar-refractivity contribution in [2.45, 2.75) is 0 Å². The molecule has 69 valence electrons. The minimum atomic E-state index is -0.190. The van der Waals surface area contributed by atoms with Crippen LogP contribution in [0.25, 0.3) is 11.1 Å². The lowest BCUT2D eigenvalue weighted by Gasteiger charge is -2.02. The van der Waals surface area contributed by atoms with Gasteiger partial charge in [0.15, 0.2) is 0 Å². The van der Waals surface area contributed by atoms with Crippen molar-refractivity contribution in [2.75, 3.05) is 0 Å². The second-order valence-corrected chi connectivity index (χ2v) is 3.18. The molecule has 0 spiro atoms. The van der Waals surface area contributed by atoms with Crippen molar-refractivity contribution in [3.05, 3.63) is 66.8 Å². The van der Waals surface area contributed by atoms with E-state index in [4.69, 9.17) is 0 Å². The first kappa shape index (κ1) is 8.95. The summed E-state index contributed by atoms with van der Waals surface area (Å²) in [5.41, 5.74) is 2.45. The zero-order valence-electron chi connectivity index (χ0n) is 7.70. The molecule has 0 fully saturated rings. The van der Waals surface area contributed by atoms with E-state index in [2.05, 4.69) is 6.92 Å². The molecular weight excluding hydrogens is 175 g/mol. The van der Waals surface area contributed by atoms with Gasteiger partial charge in [-0.1, -0.05) is 42.5 Å². The molecule has 0 aromatic heterocycles. The molecule has 0 aliphatic heterocycles. The van der Waals surface area contributed by atoms with Crippen molar-refractivity contribution in [3.8, 4) is 11.1 Å². The number of hydrogen-bond acceptors (Lipinski definition) is 0. The van der Waals surface area contributed by atoms with Crippen molar-refractivity contribution in [2.24, 2.45) is 0 Å². The first-order valence-corrected chi connectivity index (χ1v) is 4.44. The average Bonchev–Trinajstić information content (AvgIpc) is 2.20. The fraction of sp³-hybridized carbons (Fsp3) is 0. The summed E-state index contributed by atoms with van der Waals surface area (Å²) < 4.78 is 13.4. The predicted octanol–water partition coefficient (Wildman–Crippen LogP) is 3.67. The normalized spacial score (nSPS) is 10.1. The summed E-state index contributed by atoms with van der Waals surface area (Å²) in [7, 11) is 0. The van der Waals surface area contributed by atoms with Crippen LogP contribution in [-0.4, -0.2) is 0 Å². The monoisotopic (exact) mass is 185 g/mol. The van der Waals surface area contributed by atoms with E-state index in [-0.39, 0.29) is 5.82 Å². The van der Waals surface area contributed by atoms with Gasteiger partial charge >= 0.3 is 0 Å². The summed E-state index contributed by atoms with van der Waals surface area (Å²) in [4.78, 5) is 0. The van der Waals surface area contributed by atoms with Crippen LogP contribution in [0.5, 0.6) is 0 Å².